The van der Waals surface area contributed by atoms with Crippen LogP contribution in [-0.4, -0.2) is 24.1 Å². The van der Waals surface area contributed by atoms with Gasteiger partial charge in [-0.1, -0.05) is 18.2 Å². The lowest BCUT2D eigenvalue weighted by Crippen LogP contribution is -3.13. The Kier molecular flexibility index (Phi) is 2.80. The summed E-state index contributed by atoms with van der Waals surface area (Å²) in [5.74, 6) is -0.437. The average molecular weight is 260 g/mol. The van der Waals surface area contributed by atoms with E-state index < -0.39 is 12.0 Å². The summed E-state index contributed by atoms with van der Waals surface area (Å²) in [6.45, 7) is 1.84. The van der Waals surface area contributed by atoms with Gasteiger partial charge in [0, 0.05) is 17.3 Å². The third kappa shape index (κ3) is 1.74. The smallest absolute Gasteiger partial charge is 0.365 e. The number of hydrogen-bond donors (Lipinski definition) is 2. The lowest BCUT2D eigenvalue weighted by molar-refractivity contribution is -0.899. The molecule has 0 saturated heterocycles. The number of rotatable bonds is 1. The summed E-state index contributed by atoms with van der Waals surface area (Å²) in [6.07, 6.45) is 0.426. The Morgan fingerprint density at radius 1 is 1.47 bits per heavy atom. The van der Waals surface area contributed by atoms with E-state index in [0.29, 0.717) is 6.42 Å². The highest BCUT2D eigenvalue weighted by atomic mass is 16.5. The van der Waals surface area contributed by atoms with Gasteiger partial charge < -0.3 is 20.0 Å². The van der Waals surface area contributed by atoms with Crippen molar-refractivity contribution in [3.63, 3.8) is 0 Å². The molecular weight excluding hydrogens is 244 g/mol. The minimum atomic E-state index is -0.674. The first kappa shape index (κ1) is 12.2. The zero-order chi connectivity index (χ0) is 13.6. The quantitative estimate of drug-likeness (QED) is 0.586. The molecule has 0 radical (unpaired) electrons. The van der Waals surface area contributed by atoms with Gasteiger partial charge in [0.1, 0.15) is 6.04 Å². The molecule has 0 spiro atoms. The van der Waals surface area contributed by atoms with Gasteiger partial charge in [0.2, 0.25) is 0 Å². The predicted octanol–water partition coefficient (Wildman–Crippen LogP) is 0.709. The molecule has 3 rings (SSSR count). The molecule has 2 heterocycles. The Morgan fingerprint density at radius 2 is 2.21 bits per heavy atom. The first-order valence-electron chi connectivity index (χ1n) is 6.34. The number of aromatic nitrogens is 1. The van der Waals surface area contributed by atoms with Gasteiger partial charge in [0.05, 0.1) is 12.8 Å². The molecule has 0 saturated carbocycles. The van der Waals surface area contributed by atoms with Crippen LogP contribution in [0.5, 0.6) is 0 Å². The van der Waals surface area contributed by atoms with E-state index in [9.17, 15) is 10.0 Å². The minimum Gasteiger partial charge on any atom is -0.633 e. The zero-order valence-electron chi connectivity index (χ0n) is 10.9. The fraction of sp³-hybridized carbons (Fsp3) is 0.357. The molecule has 0 fully saturated rings. The van der Waals surface area contributed by atoms with Crippen LogP contribution in [0.25, 0.3) is 10.9 Å². The van der Waals surface area contributed by atoms with Crippen molar-refractivity contribution in [3.8, 4) is 0 Å². The molecule has 1 aliphatic rings. The van der Waals surface area contributed by atoms with Crippen LogP contribution < -0.4 is 5.06 Å². The molecule has 0 amide bonds. The van der Waals surface area contributed by atoms with Crippen LogP contribution in [0.2, 0.25) is 0 Å². The summed E-state index contributed by atoms with van der Waals surface area (Å²) in [7, 11) is 1.32. The number of ether oxygens (including phenoxy) is 1. The molecule has 2 N–H and O–H groups in total. The number of carbonyl (C=O) groups is 1. The number of quaternary nitrogens is 1. The summed E-state index contributed by atoms with van der Waals surface area (Å²) in [6, 6.07) is 6.95. The molecule has 1 unspecified atom stereocenters. The standard InChI is InChI=1S/C14H16N2O3/c1-8-13-10(7-12(16(8)18)14(17)19-2)9-5-3-4-6-11(9)15-13/h3-6,8,12,15-16H,7H2,1-2H3/t8-,12-/m0/s1. The van der Waals surface area contributed by atoms with E-state index in [1.54, 1.807) is 0 Å². The second kappa shape index (κ2) is 4.36. The maximum Gasteiger partial charge on any atom is 0.365 e. The normalized spacial score (nSPS) is 26.2. The fourth-order valence-corrected chi connectivity index (χ4v) is 2.90. The number of para-hydroxylation sites is 1. The van der Waals surface area contributed by atoms with Gasteiger partial charge in [0.25, 0.3) is 0 Å². The van der Waals surface area contributed by atoms with Crippen molar-refractivity contribution in [1.82, 2.24) is 4.98 Å². The SMILES string of the molecule is COC(=O)[C@@H]1Cc2c([nH]c3ccccc23)[C@H](C)[NH+]1[O-]. The summed E-state index contributed by atoms with van der Waals surface area (Å²) >= 11 is 0. The molecule has 100 valence electrons. The van der Waals surface area contributed by atoms with Gasteiger partial charge in [0.15, 0.2) is 6.04 Å². The topological polar surface area (TPSA) is 69.6 Å². The van der Waals surface area contributed by atoms with E-state index in [1.807, 2.05) is 31.2 Å². The van der Waals surface area contributed by atoms with Crippen molar-refractivity contribution in [2.24, 2.45) is 0 Å². The Labute approximate surface area is 110 Å². The second-order valence-corrected chi connectivity index (χ2v) is 4.97. The Bertz CT molecular complexity index is 635. The molecule has 0 bridgehead atoms. The highest BCUT2D eigenvalue weighted by Crippen LogP contribution is 2.29. The van der Waals surface area contributed by atoms with Crippen molar-refractivity contribution in [3.05, 3.63) is 40.7 Å². The van der Waals surface area contributed by atoms with Crippen LogP contribution in [0.1, 0.15) is 24.2 Å². The first-order valence-corrected chi connectivity index (χ1v) is 6.34. The van der Waals surface area contributed by atoms with Gasteiger partial charge in [-0.2, -0.15) is 0 Å². The van der Waals surface area contributed by atoms with Crippen LogP contribution in [0.15, 0.2) is 24.3 Å². The number of H-pyrrole nitrogens is 1. The minimum absolute atomic E-state index is 0.0640. The summed E-state index contributed by atoms with van der Waals surface area (Å²) in [5.41, 5.74) is 3.02. The molecule has 2 aromatic rings. The maximum absolute atomic E-state index is 12.2. The molecule has 0 aliphatic carbocycles. The molecule has 19 heavy (non-hydrogen) atoms. The lowest BCUT2D eigenvalue weighted by atomic mass is 9.94. The second-order valence-electron chi connectivity index (χ2n) is 4.97. The van der Waals surface area contributed by atoms with Crippen molar-refractivity contribution >= 4 is 16.9 Å². The van der Waals surface area contributed by atoms with E-state index in [0.717, 1.165) is 22.2 Å². The van der Waals surface area contributed by atoms with Crippen LogP contribution in [0.3, 0.4) is 0 Å². The van der Waals surface area contributed by atoms with Crippen molar-refractivity contribution in [1.29, 1.82) is 0 Å². The van der Waals surface area contributed by atoms with Gasteiger partial charge >= 0.3 is 5.97 Å². The molecule has 1 aromatic heterocycles. The molecule has 1 aromatic carbocycles. The van der Waals surface area contributed by atoms with E-state index >= 15 is 0 Å². The van der Waals surface area contributed by atoms with Gasteiger partial charge in [-0.25, -0.2) is 4.79 Å². The summed E-state index contributed by atoms with van der Waals surface area (Å²) in [4.78, 5) is 15.0. The number of benzene rings is 1. The largest absolute Gasteiger partial charge is 0.633 e. The van der Waals surface area contributed by atoms with E-state index in [-0.39, 0.29) is 11.1 Å². The number of hydrogen-bond acceptors (Lipinski definition) is 3. The average Bonchev–Trinajstić information content (AvgIpc) is 2.81. The number of hydroxylamine groups is 2. The number of esters is 1. The number of methoxy groups -OCH3 is 1. The Morgan fingerprint density at radius 3 is 2.95 bits per heavy atom. The number of aromatic amines is 1. The lowest BCUT2D eigenvalue weighted by Gasteiger charge is -2.38. The molecule has 3 atom stereocenters. The van der Waals surface area contributed by atoms with E-state index in [4.69, 9.17) is 4.74 Å². The number of carbonyl (C=O) groups excluding carboxylic acids is 1. The van der Waals surface area contributed by atoms with Gasteiger partial charge in [-0.15, -0.1) is 0 Å². The van der Waals surface area contributed by atoms with Crippen LogP contribution >= 0.6 is 0 Å². The third-order valence-electron chi connectivity index (χ3n) is 3.94. The van der Waals surface area contributed by atoms with E-state index in [2.05, 4.69) is 4.98 Å². The van der Waals surface area contributed by atoms with Gasteiger partial charge in [-0.3, -0.25) is 0 Å². The number of fused-ring (bicyclic) bond motifs is 3. The highest BCUT2D eigenvalue weighted by molar-refractivity contribution is 5.86. The predicted molar refractivity (Wildman–Crippen MR) is 70.6 cm³/mol. The zero-order valence-corrected chi connectivity index (χ0v) is 10.9. The Balaban J connectivity index is 2.13. The third-order valence-corrected chi connectivity index (χ3v) is 3.94. The molecule has 5 heteroatoms. The monoisotopic (exact) mass is 260 g/mol. The van der Waals surface area contributed by atoms with Crippen molar-refractivity contribution < 1.29 is 14.6 Å². The van der Waals surface area contributed by atoms with Gasteiger partial charge in [-0.05, 0) is 18.6 Å². The molecule has 5 nitrogen and oxygen atoms in total. The number of nitrogens with one attached hydrogen (secondary N) is 2. The summed E-state index contributed by atoms with van der Waals surface area (Å²) < 4.78 is 4.74. The highest BCUT2D eigenvalue weighted by Gasteiger charge is 2.38. The van der Waals surface area contributed by atoms with Crippen molar-refractivity contribution in [2.75, 3.05) is 7.11 Å². The molecule has 1 aliphatic heterocycles. The van der Waals surface area contributed by atoms with Crippen LogP contribution in [0, 0.1) is 5.21 Å². The summed E-state index contributed by atoms with van der Waals surface area (Å²) in [5, 5.41) is 13.3. The van der Waals surface area contributed by atoms with Crippen LogP contribution in [-0.2, 0) is 16.0 Å². The first-order chi connectivity index (χ1) is 9.13. The maximum atomic E-state index is 12.2. The molecular formula is C14H16N2O3. The van der Waals surface area contributed by atoms with Crippen LogP contribution in [0.4, 0.5) is 0 Å². The Hall–Kier alpha value is -1.85. The van der Waals surface area contributed by atoms with E-state index in [1.165, 1.54) is 7.11 Å². The van der Waals surface area contributed by atoms with Crippen molar-refractivity contribution in [2.45, 2.75) is 25.4 Å². The fourth-order valence-electron chi connectivity index (χ4n) is 2.90.